The summed E-state index contributed by atoms with van der Waals surface area (Å²) in [6.07, 6.45) is 6.25. The van der Waals surface area contributed by atoms with Crippen LogP contribution in [0.5, 0.6) is 0 Å². The van der Waals surface area contributed by atoms with Gasteiger partial charge in [0, 0.05) is 6.61 Å². The third-order valence-corrected chi connectivity index (χ3v) is 4.12. The molecule has 0 amide bonds. The zero-order chi connectivity index (χ0) is 13.9. The highest BCUT2D eigenvalue weighted by Crippen LogP contribution is 2.28. The standard InChI is InChI=1S/C16H21N3O/c1-12(15-8-5-9-20-15)19-11-18-10-14(19)16(17)13-6-3-2-4-7-13/h2-4,6-7,10-12,15-16H,5,8-9,17H2,1H3. The van der Waals surface area contributed by atoms with Crippen molar-refractivity contribution in [1.29, 1.82) is 0 Å². The van der Waals surface area contributed by atoms with Crippen LogP contribution in [0, 0.1) is 0 Å². The Bertz CT molecular complexity index is 546. The first kappa shape index (κ1) is 13.3. The van der Waals surface area contributed by atoms with Crippen LogP contribution >= 0.6 is 0 Å². The number of ether oxygens (including phenoxy) is 1. The average Bonchev–Trinajstić information content (AvgIpc) is 3.18. The molecule has 4 nitrogen and oxygen atoms in total. The van der Waals surface area contributed by atoms with Gasteiger partial charge in [-0.2, -0.15) is 0 Å². The van der Waals surface area contributed by atoms with E-state index in [4.69, 9.17) is 10.5 Å². The maximum absolute atomic E-state index is 6.40. The Morgan fingerprint density at radius 2 is 2.15 bits per heavy atom. The van der Waals surface area contributed by atoms with Crippen molar-refractivity contribution in [2.24, 2.45) is 5.73 Å². The molecule has 0 bridgehead atoms. The monoisotopic (exact) mass is 271 g/mol. The van der Waals surface area contributed by atoms with Crippen molar-refractivity contribution in [3.63, 3.8) is 0 Å². The Labute approximate surface area is 119 Å². The van der Waals surface area contributed by atoms with E-state index in [1.165, 1.54) is 0 Å². The number of benzene rings is 1. The molecule has 0 saturated carbocycles. The van der Waals surface area contributed by atoms with E-state index in [9.17, 15) is 0 Å². The van der Waals surface area contributed by atoms with Gasteiger partial charge in [-0.15, -0.1) is 0 Å². The summed E-state index contributed by atoms with van der Waals surface area (Å²) >= 11 is 0. The number of aromatic nitrogens is 2. The van der Waals surface area contributed by atoms with Crippen molar-refractivity contribution in [3.8, 4) is 0 Å². The van der Waals surface area contributed by atoms with E-state index in [0.717, 1.165) is 30.7 Å². The van der Waals surface area contributed by atoms with Gasteiger partial charge in [0.25, 0.3) is 0 Å². The van der Waals surface area contributed by atoms with Crippen LogP contribution in [0.2, 0.25) is 0 Å². The summed E-state index contributed by atoms with van der Waals surface area (Å²) in [6, 6.07) is 10.3. The fraction of sp³-hybridized carbons (Fsp3) is 0.438. The molecular formula is C16H21N3O. The summed E-state index contributed by atoms with van der Waals surface area (Å²) in [4.78, 5) is 4.29. The second-order valence-electron chi connectivity index (χ2n) is 5.41. The first-order chi connectivity index (χ1) is 9.77. The van der Waals surface area contributed by atoms with Gasteiger partial charge in [0.1, 0.15) is 0 Å². The Morgan fingerprint density at radius 1 is 1.35 bits per heavy atom. The first-order valence-electron chi connectivity index (χ1n) is 7.21. The molecule has 1 aliphatic heterocycles. The van der Waals surface area contributed by atoms with E-state index in [0.29, 0.717) is 0 Å². The van der Waals surface area contributed by atoms with Crippen LogP contribution in [0.4, 0.5) is 0 Å². The topological polar surface area (TPSA) is 53.1 Å². The number of nitrogens with zero attached hydrogens (tertiary/aromatic N) is 2. The molecule has 1 saturated heterocycles. The lowest BCUT2D eigenvalue weighted by Crippen LogP contribution is -2.25. The molecule has 3 unspecified atom stereocenters. The van der Waals surface area contributed by atoms with Crippen molar-refractivity contribution < 1.29 is 4.74 Å². The number of hydrogen-bond donors (Lipinski definition) is 1. The number of nitrogens with two attached hydrogens (primary N) is 1. The van der Waals surface area contributed by atoms with Crippen LogP contribution < -0.4 is 5.73 Å². The lowest BCUT2D eigenvalue weighted by Gasteiger charge is -2.24. The van der Waals surface area contributed by atoms with Gasteiger partial charge in [0.15, 0.2) is 0 Å². The minimum atomic E-state index is -0.150. The summed E-state index contributed by atoms with van der Waals surface area (Å²) in [5.41, 5.74) is 8.54. The molecular weight excluding hydrogens is 250 g/mol. The van der Waals surface area contributed by atoms with Gasteiger partial charge < -0.3 is 15.0 Å². The highest BCUT2D eigenvalue weighted by Gasteiger charge is 2.26. The lowest BCUT2D eigenvalue weighted by atomic mass is 10.0. The quantitative estimate of drug-likeness (QED) is 0.930. The predicted octanol–water partition coefficient (Wildman–Crippen LogP) is 2.67. The number of imidazole rings is 1. The summed E-state index contributed by atoms with van der Waals surface area (Å²) in [5.74, 6) is 0. The lowest BCUT2D eigenvalue weighted by molar-refractivity contribution is 0.0722. The zero-order valence-electron chi connectivity index (χ0n) is 11.8. The molecule has 106 valence electrons. The van der Waals surface area contributed by atoms with Crippen LogP contribution in [0.25, 0.3) is 0 Å². The SMILES string of the molecule is CC(C1CCCO1)n1cncc1C(N)c1ccccc1. The molecule has 1 aliphatic rings. The predicted molar refractivity (Wildman–Crippen MR) is 78.4 cm³/mol. The number of hydrogen-bond acceptors (Lipinski definition) is 3. The first-order valence-corrected chi connectivity index (χ1v) is 7.21. The Kier molecular flexibility index (Phi) is 3.85. The van der Waals surface area contributed by atoms with E-state index in [1.807, 2.05) is 30.7 Å². The van der Waals surface area contributed by atoms with E-state index in [-0.39, 0.29) is 18.2 Å². The number of rotatable bonds is 4. The van der Waals surface area contributed by atoms with Crippen LogP contribution in [0.3, 0.4) is 0 Å². The van der Waals surface area contributed by atoms with Crippen molar-refractivity contribution in [2.75, 3.05) is 6.61 Å². The molecule has 0 radical (unpaired) electrons. The van der Waals surface area contributed by atoms with E-state index < -0.39 is 0 Å². The van der Waals surface area contributed by atoms with Gasteiger partial charge >= 0.3 is 0 Å². The Morgan fingerprint density at radius 3 is 2.85 bits per heavy atom. The highest BCUT2D eigenvalue weighted by molar-refractivity contribution is 5.26. The average molecular weight is 271 g/mol. The fourth-order valence-corrected chi connectivity index (χ4v) is 2.89. The van der Waals surface area contributed by atoms with Gasteiger partial charge in [-0.3, -0.25) is 0 Å². The molecule has 4 heteroatoms. The smallest absolute Gasteiger partial charge is 0.0952 e. The highest BCUT2D eigenvalue weighted by atomic mass is 16.5. The van der Waals surface area contributed by atoms with Crippen LogP contribution in [-0.4, -0.2) is 22.3 Å². The molecule has 3 rings (SSSR count). The summed E-state index contributed by atoms with van der Waals surface area (Å²) in [7, 11) is 0. The molecule has 0 spiro atoms. The van der Waals surface area contributed by atoms with E-state index in [2.05, 4.69) is 28.6 Å². The zero-order valence-corrected chi connectivity index (χ0v) is 11.8. The molecule has 2 aromatic rings. The third-order valence-electron chi connectivity index (χ3n) is 4.12. The van der Waals surface area contributed by atoms with E-state index in [1.54, 1.807) is 0 Å². The largest absolute Gasteiger partial charge is 0.376 e. The van der Waals surface area contributed by atoms with E-state index >= 15 is 0 Å². The van der Waals surface area contributed by atoms with Crippen molar-refractivity contribution in [1.82, 2.24) is 9.55 Å². The van der Waals surface area contributed by atoms with Crippen LogP contribution in [0.1, 0.15) is 43.1 Å². The molecule has 2 N–H and O–H groups in total. The van der Waals surface area contributed by atoms with Gasteiger partial charge in [-0.25, -0.2) is 4.98 Å². The summed E-state index contributed by atoms with van der Waals surface area (Å²) < 4.78 is 7.95. The minimum absolute atomic E-state index is 0.150. The Balaban J connectivity index is 1.86. The molecule has 3 atom stereocenters. The molecule has 2 heterocycles. The second kappa shape index (κ2) is 5.77. The van der Waals surface area contributed by atoms with Gasteiger partial charge in [-0.1, -0.05) is 30.3 Å². The van der Waals surface area contributed by atoms with Gasteiger partial charge in [0.05, 0.1) is 36.4 Å². The van der Waals surface area contributed by atoms with Crippen LogP contribution in [0.15, 0.2) is 42.9 Å². The molecule has 1 fully saturated rings. The molecule has 20 heavy (non-hydrogen) atoms. The van der Waals surface area contributed by atoms with Gasteiger partial charge in [0.2, 0.25) is 0 Å². The van der Waals surface area contributed by atoms with Crippen molar-refractivity contribution >= 4 is 0 Å². The fourth-order valence-electron chi connectivity index (χ4n) is 2.89. The molecule has 1 aromatic carbocycles. The van der Waals surface area contributed by atoms with Gasteiger partial charge in [-0.05, 0) is 25.3 Å². The summed E-state index contributed by atoms with van der Waals surface area (Å²) in [6.45, 7) is 3.04. The third kappa shape index (κ3) is 2.49. The molecule has 0 aliphatic carbocycles. The molecule has 1 aromatic heterocycles. The van der Waals surface area contributed by atoms with Crippen molar-refractivity contribution in [2.45, 2.75) is 38.0 Å². The minimum Gasteiger partial charge on any atom is -0.376 e. The van der Waals surface area contributed by atoms with Crippen molar-refractivity contribution in [3.05, 3.63) is 54.1 Å². The maximum Gasteiger partial charge on any atom is 0.0952 e. The Hall–Kier alpha value is -1.65. The maximum atomic E-state index is 6.40. The normalized spacial score (nSPS) is 21.8. The van der Waals surface area contributed by atoms with Crippen LogP contribution in [-0.2, 0) is 4.74 Å². The summed E-state index contributed by atoms with van der Waals surface area (Å²) in [5, 5.41) is 0. The second-order valence-corrected chi connectivity index (χ2v) is 5.41.